The number of hydrogen-bond donors (Lipinski definition) is 7. The number of hydrogen-bond acceptors (Lipinski definition) is 19. The molecule has 2 aliphatic heterocycles. The second-order valence-corrected chi connectivity index (χ2v) is 24.7. The van der Waals surface area contributed by atoms with Crippen LogP contribution >= 0.6 is 0 Å². The predicted octanol–water partition coefficient (Wildman–Crippen LogP) is 3.66. The van der Waals surface area contributed by atoms with Gasteiger partial charge in [0.15, 0.2) is 5.60 Å². The Kier molecular flexibility index (Phi) is 15.2. The number of carboxylic acids is 1. The van der Waals surface area contributed by atoms with Crippen molar-refractivity contribution in [1.82, 2.24) is 15.6 Å². The highest BCUT2D eigenvalue weighted by Crippen LogP contribution is 2.69. The zero-order valence-corrected chi connectivity index (χ0v) is 45.0. The number of carboxylic acid groups (broad SMARTS) is 1. The van der Waals surface area contributed by atoms with Gasteiger partial charge in [0.1, 0.15) is 47.3 Å². The number of alkyl carbamates (subject to hydrolysis) is 1. The van der Waals surface area contributed by atoms with Gasteiger partial charge in [-0.3, -0.25) is 9.59 Å². The molecule has 0 radical (unpaired) electrons. The van der Waals surface area contributed by atoms with Gasteiger partial charge in [-0.2, -0.15) is 0 Å². The third kappa shape index (κ3) is 10.3. The van der Waals surface area contributed by atoms with Crippen LogP contribution in [0.2, 0.25) is 0 Å². The first-order chi connectivity index (χ1) is 36.6. The molecule has 6 aliphatic rings. The molecular weight excluding hydrogens is 1040 g/mol. The molecule has 422 valence electrons. The molecule has 3 aromatic rings. The summed E-state index contributed by atoms with van der Waals surface area (Å²) in [5.41, 5.74) is -5.20. The molecule has 1 spiro atoms. The van der Waals surface area contributed by atoms with E-state index in [1.54, 1.807) is 90.1 Å². The fourth-order valence-electron chi connectivity index (χ4n) is 13.0. The van der Waals surface area contributed by atoms with E-state index in [-0.39, 0.29) is 53.9 Å². The number of nitrogens with one attached hydrogen (secondary N) is 3. The van der Waals surface area contributed by atoms with Gasteiger partial charge in [-0.05, 0) is 87.9 Å². The van der Waals surface area contributed by atoms with Crippen molar-refractivity contribution in [1.29, 1.82) is 0 Å². The van der Waals surface area contributed by atoms with Gasteiger partial charge in [0.25, 0.3) is 10.0 Å². The zero-order chi connectivity index (χ0) is 56.5. The lowest BCUT2D eigenvalue weighted by molar-refractivity contribution is -0.345. The van der Waals surface area contributed by atoms with E-state index in [4.69, 9.17) is 33.2 Å². The lowest BCUT2D eigenvalue weighted by atomic mass is 9.45. The van der Waals surface area contributed by atoms with E-state index < -0.39 is 159 Å². The number of aliphatic hydroxyl groups excluding tert-OH is 2. The van der Waals surface area contributed by atoms with Crippen LogP contribution in [-0.4, -0.2) is 143 Å². The third-order valence-electron chi connectivity index (χ3n) is 16.8. The van der Waals surface area contributed by atoms with Crippen LogP contribution in [-0.2, 0) is 57.6 Å². The molecule has 0 aromatic heterocycles. The largest absolute Gasteiger partial charge is 0.478 e. The molecule has 1 amide bonds. The number of amides is 1. The van der Waals surface area contributed by atoms with Gasteiger partial charge in [-0.1, -0.05) is 69.3 Å². The molecule has 7 N–H and O–H groups in total. The normalized spacial score (nSPS) is 34.2. The molecule has 2 saturated heterocycles. The lowest BCUT2D eigenvalue weighted by Gasteiger charge is -2.66. The summed E-state index contributed by atoms with van der Waals surface area (Å²) in [6, 6.07) is 18.5. The molecule has 3 aromatic carbocycles. The highest BCUT2D eigenvalue weighted by atomic mass is 32.2. The van der Waals surface area contributed by atoms with Gasteiger partial charge in [0.2, 0.25) is 6.10 Å². The number of sulfonamides is 1. The summed E-state index contributed by atoms with van der Waals surface area (Å²) in [7, 11) is -4.20. The van der Waals surface area contributed by atoms with Crippen molar-refractivity contribution < 1.29 is 90.8 Å². The van der Waals surface area contributed by atoms with E-state index in [1.807, 2.05) is 0 Å². The number of rotatable bonds is 15. The van der Waals surface area contributed by atoms with Gasteiger partial charge in [0, 0.05) is 37.1 Å². The van der Waals surface area contributed by atoms with Crippen LogP contribution in [0.1, 0.15) is 113 Å². The molecule has 4 saturated carbocycles. The first-order valence-electron chi connectivity index (χ1n) is 26.0. The van der Waals surface area contributed by atoms with E-state index in [2.05, 4.69) is 15.6 Å². The van der Waals surface area contributed by atoms with Gasteiger partial charge in [0.05, 0.1) is 46.7 Å². The molecule has 10 unspecified atom stereocenters. The van der Waals surface area contributed by atoms with Gasteiger partial charge in [-0.25, -0.2) is 33.0 Å². The summed E-state index contributed by atoms with van der Waals surface area (Å²) in [6.45, 7) is 10.9. The number of benzene rings is 3. The number of ether oxygens (including phenoxy) is 7. The Balaban J connectivity index is 1.06. The van der Waals surface area contributed by atoms with Crippen LogP contribution in [0, 0.1) is 29.1 Å². The second kappa shape index (κ2) is 20.9. The average molecular weight is 1110 g/mol. The number of aliphatic hydroxyl groups is 3. The van der Waals surface area contributed by atoms with E-state index in [0.29, 0.717) is 0 Å². The van der Waals surface area contributed by atoms with Crippen LogP contribution in [0.4, 0.5) is 4.79 Å². The number of esters is 4. The Morgan fingerprint density at radius 2 is 1.51 bits per heavy atom. The van der Waals surface area contributed by atoms with Crippen LogP contribution < -0.4 is 15.6 Å². The van der Waals surface area contributed by atoms with E-state index in [1.165, 1.54) is 19.1 Å². The van der Waals surface area contributed by atoms with Crippen molar-refractivity contribution >= 4 is 46.0 Å². The predicted molar refractivity (Wildman–Crippen MR) is 270 cm³/mol. The number of epoxide rings is 1. The number of carbonyl (C=O) groups is 6. The molecule has 22 nitrogen and oxygen atoms in total. The van der Waals surface area contributed by atoms with Crippen molar-refractivity contribution in [3.05, 3.63) is 102 Å². The Bertz CT molecular complexity index is 2900. The van der Waals surface area contributed by atoms with Crippen molar-refractivity contribution in [3.63, 3.8) is 0 Å². The summed E-state index contributed by atoms with van der Waals surface area (Å²) in [4.78, 5) is 84.5. The maximum atomic E-state index is 15.4. The first kappa shape index (κ1) is 56.7. The summed E-state index contributed by atoms with van der Waals surface area (Å²) in [5, 5.41) is 50.5. The van der Waals surface area contributed by atoms with E-state index >= 15 is 4.79 Å². The summed E-state index contributed by atoms with van der Waals surface area (Å²) in [5.74, 6) is -9.19. The summed E-state index contributed by atoms with van der Waals surface area (Å²) >= 11 is 0. The maximum absolute atomic E-state index is 15.4. The van der Waals surface area contributed by atoms with E-state index in [0.717, 1.165) is 24.3 Å². The van der Waals surface area contributed by atoms with Crippen molar-refractivity contribution in [2.75, 3.05) is 6.61 Å². The summed E-state index contributed by atoms with van der Waals surface area (Å²) in [6.07, 6.45) is -11.2. The van der Waals surface area contributed by atoms with Gasteiger partial charge < -0.3 is 58.9 Å². The maximum Gasteiger partial charge on any atom is 0.408 e. The molecule has 6 fully saturated rings. The number of carbonyl (C=O) groups excluding carboxylic acids is 5. The number of hydrazine groups is 1. The average Bonchev–Trinajstić information content (AvgIpc) is 3.32. The molecule has 23 heteroatoms. The zero-order valence-electron chi connectivity index (χ0n) is 44.2. The quantitative estimate of drug-likeness (QED) is 0.0494. The lowest BCUT2D eigenvalue weighted by Crippen LogP contribution is -2.81. The SMILES string of the molecule is CC(=O)O[C@]12COC1CC(O)C13OC1C(O)C1C(C)[C@H](OC(=O)[C@@H](OC(=O)C4CCC(NNS(=O)(=O)c5ccc(C(=O)O)cc5)C4)[C@H](NC(=O)OC(C)(C)C)c4ccccc4)CC(O)([C@H](OC(=O)c4ccccc4)[C@H]32)C1(C)C. The Hall–Kier alpha value is -6.05. The molecule has 16 atom stereocenters. The molecular formula is C55H67N3O19S. The fraction of sp³-hybridized carbons (Fsp3) is 0.564. The monoisotopic (exact) mass is 1110 g/mol. The van der Waals surface area contributed by atoms with Crippen LogP contribution in [0.5, 0.6) is 0 Å². The van der Waals surface area contributed by atoms with Crippen molar-refractivity contribution in [3.8, 4) is 0 Å². The second-order valence-electron chi connectivity index (χ2n) is 23.0. The standard InChI is InChI=1S/C55H67N3O19S/c1-28-36(26-54(68)45(74-47(64)32-16-12-9-13-17-32)43-53(75-29(2)59)27-71-38(53)25-37(60)55(43)44(76-55)41(61)39(28)52(54,6)7)72-49(66)42(40(30-14-10-8-11-15-30)56-50(67)77-51(3,4)5)73-48(65)33-18-21-34(24-33)57-58-78(69,70)35-22-19-31(20-23-35)46(62)63/h8-17,19-20,22-23,28,33-34,36-45,57-58,60-61,68H,18,21,24-27H2,1-7H3,(H,56,67)(H,62,63)/t28?,33?,34?,36-,37?,38?,39?,40-,41?,42+,43+,44?,45-,53-,54?,55?/m1/s1. The highest BCUT2D eigenvalue weighted by Gasteiger charge is 2.86. The van der Waals surface area contributed by atoms with Crippen LogP contribution in [0.15, 0.2) is 89.8 Å². The smallest absolute Gasteiger partial charge is 0.408 e. The molecule has 78 heavy (non-hydrogen) atoms. The minimum atomic E-state index is -4.20. The number of fused-ring (bicyclic) bond motifs is 4. The number of aromatic carboxylic acids is 1. The first-order valence-corrected chi connectivity index (χ1v) is 27.5. The van der Waals surface area contributed by atoms with Crippen molar-refractivity contribution in [2.45, 2.75) is 163 Å². The molecule has 9 rings (SSSR count). The van der Waals surface area contributed by atoms with Gasteiger partial charge in [-0.15, -0.1) is 4.83 Å². The van der Waals surface area contributed by atoms with Gasteiger partial charge >= 0.3 is 35.9 Å². The van der Waals surface area contributed by atoms with E-state index in [9.17, 15) is 52.8 Å². The summed E-state index contributed by atoms with van der Waals surface area (Å²) < 4.78 is 69.6. The Morgan fingerprint density at radius 1 is 0.859 bits per heavy atom. The van der Waals surface area contributed by atoms with Crippen LogP contribution in [0.3, 0.4) is 0 Å². The van der Waals surface area contributed by atoms with Crippen LogP contribution in [0.25, 0.3) is 0 Å². The molecule has 2 bridgehead atoms. The van der Waals surface area contributed by atoms with Crippen molar-refractivity contribution in [2.24, 2.45) is 29.1 Å². The Labute approximate surface area is 450 Å². The fourth-order valence-corrected chi connectivity index (χ4v) is 13.9. The Morgan fingerprint density at radius 3 is 2.12 bits per heavy atom. The molecule has 4 aliphatic carbocycles. The molecule has 2 heterocycles. The third-order valence-corrected chi connectivity index (χ3v) is 18.1. The minimum absolute atomic E-state index is 0.0162. The minimum Gasteiger partial charge on any atom is -0.478 e. The topological polar surface area (TPSA) is 321 Å². The highest BCUT2D eigenvalue weighted by molar-refractivity contribution is 7.89.